The molecule has 1 saturated carbocycles. The molecule has 0 aromatic heterocycles. The van der Waals surface area contributed by atoms with Gasteiger partial charge in [-0.05, 0) is 24.0 Å². The summed E-state index contributed by atoms with van der Waals surface area (Å²) < 4.78 is 8.73. The summed E-state index contributed by atoms with van der Waals surface area (Å²) in [7, 11) is 0. The van der Waals surface area contributed by atoms with Crippen LogP contribution >= 0.6 is 0 Å². The first-order valence-electron chi connectivity index (χ1n) is 9.30. The smallest absolute Gasteiger partial charge is 0.0964 e. The van der Waals surface area contributed by atoms with E-state index in [2.05, 4.69) is 29.2 Å². The summed E-state index contributed by atoms with van der Waals surface area (Å²) in [5, 5.41) is 11.1. The van der Waals surface area contributed by atoms with Crippen LogP contribution in [0, 0.1) is 0 Å². The molecule has 1 unspecified atom stereocenters. The third kappa shape index (κ3) is 2.93. The van der Waals surface area contributed by atoms with Gasteiger partial charge in [-0.15, -0.1) is 0 Å². The molecule has 120 valence electrons. The third-order valence-corrected chi connectivity index (χ3v) is 5.34. The highest BCUT2D eigenvalue weighted by atomic mass is 16.3. The van der Waals surface area contributed by atoms with E-state index in [1.165, 1.54) is 37.7 Å². The van der Waals surface area contributed by atoms with Crippen molar-refractivity contribution in [2.24, 2.45) is 0 Å². The Morgan fingerprint density at radius 1 is 0.913 bits per heavy atom. The lowest BCUT2D eigenvalue weighted by Gasteiger charge is -2.25. The van der Waals surface area contributed by atoms with Crippen LogP contribution < -0.4 is 0 Å². The molecule has 2 fully saturated rings. The van der Waals surface area contributed by atoms with Gasteiger partial charge >= 0.3 is 0 Å². The number of hydrogen-bond donors (Lipinski definition) is 1. The summed E-state index contributed by atoms with van der Waals surface area (Å²) in [5.41, 5.74) is 1.91. The Morgan fingerprint density at radius 3 is 2.17 bits per heavy atom. The van der Waals surface area contributed by atoms with Crippen LogP contribution in [0.15, 0.2) is 60.7 Å². The zero-order valence-corrected chi connectivity index (χ0v) is 13.4. The van der Waals surface area contributed by atoms with Crippen LogP contribution in [0.25, 0.3) is 0 Å². The van der Waals surface area contributed by atoms with Crippen LogP contribution in [-0.2, 0) is 0 Å². The zero-order chi connectivity index (χ0) is 16.6. The second-order valence-electron chi connectivity index (χ2n) is 6.79. The van der Waals surface area contributed by atoms with Crippen LogP contribution in [0.5, 0.6) is 0 Å². The Labute approximate surface area is 140 Å². The minimum absolute atomic E-state index is 0.150. The highest BCUT2D eigenvalue weighted by Crippen LogP contribution is 2.52. The summed E-state index contributed by atoms with van der Waals surface area (Å²) >= 11 is 0. The summed E-state index contributed by atoms with van der Waals surface area (Å²) in [6.07, 6.45) is 4.64. The summed E-state index contributed by atoms with van der Waals surface area (Å²) in [4.78, 5) is 2.40. The fourth-order valence-corrected chi connectivity index (χ4v) is 4.16. The van der Waals surface area contributed by atoms with Crippen molar-refractivity contribution in [3.63, 3.8) is 0 Å². The Kier molecular flexibility index (Phi) is 3.87. The molecule has 2 aromatic carbocycles. The lowest BCUT2D eigenvalue weighted by atomic mass is 9.95. The van der Waals surface area contributed by atoms with Crippen LogP contribution in [0.1, 0.15) is 56.7 Å². The van der Waals surface area contributed by atoms with E-state index in [9.17, 15) is 5.11 Å². The number of aliphatic hydroxyl groups is 1. The van der Waals surface area contributed by atoms with E-state index in [4.69, 9.17) is 1.37 Å². The van der Waals surface area contributed by atoms with E-state index in [1.807, 2.05) is 36.4 Å². The Balaban J connectivity index is 1.66. The van der Waals surface area contributed by atoms with Gasteiger partial charge in [-0.25, -0.2) is 0 Å². The molecule has 4 atom stereocenters. The molecule has 2 aliphatic rings. The average molecular weight is 308 g/mol. The second-order valence-corrected chi connectivity index (χ2v) is 6.79. The van der Waals surface area contributed by atoms with Gasteiger partial charge in [0.15, 0.2) is 0 Å². The van der Waals surface area contributed by atoms with Crippen LogP contribution in [-0.4, -0.2) is 22.1 Å². The van der Waals surface area contributed by atoms with Gasteiger partial charge in [0.1, 0.15) is 0 Å². The molecule has 2 aromatic rings. The number of nitrogens with zero attached hydrogens (tertiary/aromatic N) is 1. The van der Waals surface area contributed by atoms with Crippen molar-refractivity contribution >= 4 is 0 Å². The molecule has 0 bridgehead atoms. The molecule has 4 rings (SSSR count). The topological polar surface area (TPSA) is 23.2 Å². The van der Waals surface area contributed by atoms with Crippen molar-refractivity contribution in [2.45, 2.75) is 56.3 Å². The molecule has 1 N–H and O–H groups in total. The number of rotatable bonds is 4. The van der Waals surface area contributed by atoms with E-state index in [-0.39, 0.29) is 12.1 Å². The zero-order valence-electron chi connectivity index (χ0n) is 14.4. The van der Waals surface area contributed by atoms with E-state index in [0.29, 0.717) is 11.6 Å². The first-order chi connectivity index (χ1) is 11.7. The molecule has 2 heteroatoms. The van der Waals surface area contributed by atoms with Crippen molar-refractivity contribution in [2.75, 3.05) is 0 Å². The first kappa shape index (κ1) is 13.8. The summed E-state index contributed by atoms with van der Waals surface area (Å²) in [6, 6.07) is 20.3. The van der Waals surface area contributed by atoms with E-state index in [0.717, 1.165) is 0 Å². The number of benzene rings is 2. The Bertz CT molecular complexity index is 667. The normalized spacial score (nSPS) is 31.2. The van der Waals surface area contributed by atoms with Crippen molar-refractivity contribution in [3.05, 3.63) is 71.8 Å². The van der Waals surface area contributed by atoms with Gasteiger partial charge in [0, 0.05) is 6.04 Å². The summed E-state index contributed by atoms with van der Waals surface area (Å²) in [5.74, 6) is 0. The van der Waals surface area contributed by atoms with Gasteiger partial charge in [-0.1, -0.05) is 79.9 Å². The third-order valence-electron chi connectivity index (χ3n) is 5.34. The standard InChI is InChI=1S/C21H25NO/c23-21(17-12-6-2-7-13-17)20-19(16-10-4-1-5-11-16)22(20)18-14-8-3-9-15-18/h1-2,4-7,10-13,18-21,23H,3,8-9,14-15H2/t19-,20-,21+,22?/m0/s1/i21D. The minimum Gasteiger partial charge on any atom is -0.387 e. The number of hydrogen-bond acceptors (Lipinski definition) is 2. The van der Waals surface area contributed by atoms with Crippen molar-refractivity contribution < 1.29 is 6.48 Å². The summed E-state index contributed by atoms with van der Waals surface area (Å²) in [6.45, 7) is 0. The van der Waals surface area contributed by atoms with Gasteiger partial charge in [0.05, 0.1) is 19.5 Å². The van der Waals surface area contributed by atoms with Crippen LogP contribution in [0.2, 0.25) is 0 Å². The van der Waals surface area contributed by atoms with Crippen molar-refractivity contribution in [1.29, 1.82) is 0 Å². The van der Waals surface area contributed by atoms with Gasteiger partial charge in [0.2, 0.25) is 0 Å². The lowest BCUT2D eigenvalue weighted by Crippen LogP contribution is -2.25. The quantitative estimate of drug-likeness (QED) is 0.842. The monoisotopic (exact) mass is 308 g/mol. The van der Waals surface area contributed by atoms with E-state index < -0.39 is 6.08 Å². The molecule has 0 spiro atoms. The first-order valence-corrected chi connectivity index (χ1v) is 8.80. The molecule has 23 heavy (non-hydrogen) atoms. The highest BCUT2D eigenvalue weighted by molar-refractivity contribution is 5.32. The van der Waals surface area contributed by atoms with Gasteiger partial charge in [0.25, 0.3) is 0 Å². The van der Waals surface area contributed by atoms with Crippen molar-refractivity contribution in [1.82, 2.24) is 4.90 Å². The molecular weight excluding hydrogens is 282 g/mol. The molecule has 2 nitrogen and oxygen atoms in total. The average Bonchev–Trinajstić information content (AvgIpc) is 3.41. The van der Waals surface area contributed by atoms with E-state index in [1.54, 1.807) is 0 Å². The predicted molar refractivity (Wildman–Crippen MR) is 93.1 cm³/mol. The molecule has 1 aliphatic carbocycles. The maximum Gasteiger partial charge on any atom is 0.0964 e. The molecular formula is C21H25NO. The van der Waals surface area contributed by atoms with E-state index >= 15 is 0 Å². The molecule has 0 radical (unpaired) electrons. The second kappa shape index (κ2) is 6.46. The highest BCUT2D eigenvalue weighted by Gasteiger charge is 2.55. The fourth-order valence-electron chi connectivity index (χ4n) is 4.16. The van der Waals surface area contributed by atoms with Gasteiger partial charge < -0.3 is 5.11 Å². The molecule has 1 saturated heterocycles. The van der Waals surface area contributed by atoms with Crippen LogP contribution in [0.4, 0.5) is 0 Å². The van der Waals surface area contributed by atoms with Gasteiger partial charge in [-0.3, -0.25) is 4.90 Å². The molecule has 1 heterocycles. The Morgan fingerprint density at radius 2 is 1.52 bits per heavy atom. The van der Waals surface area contributed by atoms with Gasteiger partial charge in [-0.2, -0.15) is 0 Å². The SMILES string of the molecule is [2H][C@@](O)(c1ccccc1)[C@@H]1[C@H](c2ccccc2)N1C1CCCCC1. The Hall–Kier alpha value is -1.64. The molecule has 1 aliphatic heterocycles. The van der Waals surface area contributed by atoms with Crippen LogP contribution in [0.3, 0.4) is 0 Å². The largest absolute Gasteiger partial charge is 0.387 e. The maximum atomic E-state index is 11.1. The minimum atomic E-state index is -1.57. The molecule has 0 amide bonds. The lowest BCUT2D eigenvalue weighted by molar-refractivity contribution is 0.142. The fraction of sp³-hybridized carbons (Fsp3) is 0.429. The maximum absolute atomic E-state index is 11.1. The predicted octanol–water partition coefficient (Wildman–Crippen LogP) is 4.48. The van der Waals surface area contributed by atoms with Crippen molar-refractivity contribution in [3.8, 4) is 0 Å².